The molecule has 5 heteroatoms. The Bertz CT molecular complexity index is 369. The molecule has 17 heavy (non-hydrogen) atoms. The van der Waals surface area contributed by atoms with Crippen molar-refractivity contribution in [3.63, 3.8) is 0 Å². The average molecular weight is 236 g/mol. The lowest BCUT2D eigenvalue weighted by molar-refractivity contribution is -0.0822. The van der Waals surface area contributed by atoms with Crippen LogP contribution in [0.4, 0.5) is 0 Å². The van der Waals surface area contributed by atoms with Gasteiger partial charge < -0.3 is 9.47 Å². The van der Waals surface area contributed by atoms with Gasteiger partial charge in [0, 0.05) is 45.1 Å². The summed E-state index contributed by atoms with van der Waals surface area (Å²) in [7, 11) is 0. The molecule has 0 N–H and O–H groups in total. The molecule has 0 spiro atoms. The van der Waals surface area contributed by atoms with E-state index in [9.17, 15) is 4.79 Å². The summed E-state index contributed by atoms with van der Waals surface area (Å²) in [5.74, 6) is -0.0387. The van der Waals surface area contributed by atoms with Crippen LogP contribution in [0.15, 0.2) is 18.7 Å². The van der Waals surface area contributed by atoms with Crippen LogP contribution >= 0.6 is 0 Å². The van der Waals surface area contributed by atoms with Gasteiger partial charge in [0.05, 0.1) is 5.56 Å². The summed E-state index contributed by atoms with van der Waals surface area (Å²) in [5.41, 5.74) is -0.250. The molecular formula is C12H16N2O3. The molecule has 0 saturated carbocycles. The lowest BCUT2D eigenvalue weighted by atomic mass is 9.86. The van der Waals surface area contributed by atoms with Crippen LogP contribution < -0.4 is 0 Å². The molecule has 1 saturated heterocycles. The number of hydrogen-bond acceptors (Lipinski definition) is 5. The van der Waals surface area contributed by atoms with Crippen molar-refractivity contribution in [3.05, 3.63) is 24.3 Å². The molecule has 1 fully saturated rings. The fraction of sp³-hybridized carbons (Fsp3) is 0.583. The zero-order valence-corrected chi connectivity index (χ0v) is 9.89. The van der Waals surface area contributed by atoms with Crippen LogP contribution in [0, 0.1) is 0 Å². The molecule has 0 amide bonds. The molecule has 1 aromatic rings. The van der Waals surface area contributed by atoms with Gasteiger partial charge in [-0.25, -0.2) is 9.97 Å². The van der Waals surface area contributed by atoms with E-state index in [-0.39, 0.29) is 5.78 Å². The number of aromatic nitrogens is 2. The van der Waals surface area contributed by atoms with Gasteiger partial charge in [-0.15, -0.1) is 0 Å². The van der Waals surface area contributed by atoms with E-state index < -0.39 is 5.60 Å². The first-order valence-corrected chi connectivity index (χ1v) is 5.80. The van der Waals surface area contributed by atoms with Crippen LogP contribution in [-0.4, -0.2) is 41.2 Å². The Kier molecular flexibility index (Phi) is 3.81. The topological polar surface area (TPSA) is 61.3 Å². The Balaban J connectivity index is 2.24. The van der Waals surface area contributed by atoms with E-state index in [2.05, 4.69) is 9.97 Å². The van der Waals surface area contributed by atoms with Gasteiger partial charge in [0.1, 0.15) is 11.9 Å². The van der Waals surface area contributed by atoms with Crippen molar-refractivity contribution >= 4 is 5.78 Å². The molecule has 0 aliphatic carbocycles. The van der Waals surface area contributed by atoms with Gasteiger partial charge in [-0.1, -0.05) is 0 Å². The maximum atomic E-state index is 12.5. The Hall–Kier alpha value is -1.33. The summed E-state index contributed by atoms with van der Waals surface area (Å²) in [6.45, 7) is 3.52. The monoisotopic (exact) mass is 236 g/mol. The maximum absolute atomic E-state index is 12.5. The second-order valence-electron chi connectivity index (χ2n) is 4.00. The Morgan fingerprint density at radius 1 is 1.41 bits per heavy atom. The van der Waals surface area contributed by atoms with E-state index in [1.54, 1.807) is 0 Å². The number of ether oxygens (including phenoxy) is 2. The Labute approximate surface area is 100 Å². The number of carbonyl (C=O) groups is 1. The van der Waals surface area contributed by atoms with E-state index in [4.69, 9.17) is 9.47 Å². The minimum absolute atomic E-state index is 0.0387. The highest BCUT2D eigenvalue weighted by molar-refractivity contribution is 6.02. The lowest BCUT2D eigenvalue weighted by Crippen LogP contribution is -2.46. The highest BCUT2D eigenvalue weighted by Crippen LogP contribution is 2.28. The number of nitrogens with zero attached hydrogens (tertiary/aromatic N) is 2. The standard InChI is InChI=1S/C12H16N2O3/c1-2-17-12(3-5-16-6-4-12)11(15)10-7-13-9-14-8-10/h7-9H,2-6H2,1H3. The van der Waals surface area contributed by atoms with Crippen molar-refractivity contribution < 1.29 is 14.3 Å². The predicted molar refractivity (Wildman–Crippen MR) is 60.8 cm³/mol. The van der Waals surface area contributed by atoms with E-state index >= 15 is 0 Å². The fourth-order valence-corrected chi connectivity index (χ4v) is 2.09. The van der Waals surface area contributed by atoms with Crippen molar-refractivity contribution in [2.75, 3.05) is 19.8 Å². The summed E-state index contributed by atoms with van der Waals surface area (Å²) < 4.78 is 11.0. The molecule has 0 radical (unpaired) electrons. The van der Waals surface area contributed by atoms with Gasteiger partial charge in [0.2, 0.25) is 0 Å². The average Bonchev–Trinajstić information content (AvgIpc) is 2.40. The SMILES string of the molecule is CCOC1(C(=O)c2cncnc2)CCOCC1. The number of ketones is 1. The van der Waals surface area contributed by atoms with Gasteiger partial charge in [0.25, 0.3) is 0 Å². The third-order valence-corrected chi connectivity index (χ3v) is 2.96. The summed E-state index contributed by atoms with van der Waals surface area (Å²) in [4.78, 5) is 20.2. The quantitative estimate of drug-likeness (QED) is 0.736. The lowest BCUT2D eigenvalue weighted by Gasteiger charge is -2.35. The summed E-state index contributed by atoms with van der Waals surface area (Å²) in [6, 6.07) is 0. The van der Waals surface area contributed by atoms with Gasteiger partial charge >= 0.3 is 0 Å². The highest BCUT2D eigenvalue weighted by Gasteiger charge is 2.41. The molecule has 0 bridgehead atoms. The molecular weight excluding hydrogens is 220 g/mol. The fourth-order valence-electron chi connectivity index (χ4n) is 2.09. The minimum atomic E-state index is -0.752. The molecule has 0 unspecified atom stereocenters. The van der Waals surface area contributed by atoms with E-state index in [1.807, 2.05) is 6.92 Å². The normalized spacial score (nSPS) is 18.9. The van der Waals surface area contributed by atoms with Crippen LogP contribution in [0.2, 0.25) is 0 Å². The van der Waals surface area contributed by atoms with Gasteiger partial charge in [-0.2, -0.15) is 0 Å². The molecule has 0 atom stereocenters. The second-order valence-corrected chi connectivity index (χ2v) is 4.00. The largest absolute Gasteiger partial charge is 0.381 e. The Morgan fingerprint density at radius 3 is 2.65 bits per heavy atom. The summed E-state index contributed by atoms with van der Waals surface area (Å²) in [6.07, 6.45) is 5.66. The van der Waals surface area contributed by atoms with E-state index in [0.717, 1.165) is 0 Å². The van der Waals surface area contributed by atoms with Crippen LogP contribution in [0.25, 0.3) is 0 Å². The minimum Gasteiger partial charge on any atom is -0.381 e. The molecule has 0 aromatic carbocycles. The zero-order chi connectivity index (χ0) is 12.1. The summed E-state index contributed by atoms with van der Waals surface area (Å²) >= 11 is 0. The van der Waals surface area contributed by atoms with Crippen molar-refractivity contribution in [2.24, 2.45) is 0 Å². The third kappa shape index (κ3) is 2.50. The van der Waals surface area contributed by atoms with Crippen molar-refractivity contribution in [1.82, 2.24) is 9.97 Å². The van der Waals surface area contributed by atoms with Crippen LogP contribution in [0.1, 0.15) is 30.1 Å². The first kappa shape index (κ1) is 12.1. The second kappa shape index (κ2) is 5.33. The van der Waals surface area contributed by atoms with Gasteiger partial charge in [-0.3, -0.25) is 4.79 Å². The third-order valence-electron chi connectivity index (χ3n) is 2.96. The van der Waals surface area contributed by atoms with Crippen LogP contribution in [0.3, 0.4) is 0 Å². The van der Waals surface area contributed by atoms with Crippen molar-refractivity contribution in [3.8, 4) is 0 Å². The van der Waals surface area contributed by atoms with Gasteiger partial charge in [0.15, 0.2) is 5.78 Å². The molecule has 92 valence electrons. The molecule has 1 aliphatic rings. The summed E-state index contributed by atoms with van der Waals surface area (Å²) in [5, 5.41) is 0. The Morgan fingerprint density at radius 2 is 2.06 bits per heavy atom. The van der Waals surface area contributed by atoms with E-state index in [1.165, 1.54) is 18.7 Å². The highest BCUT2D eigenvalue weighted by atomic mass is 16.5. The number of Topliss-reactive ketones (excluding diaryl/α,β-unsaturated/α-hetero) is 1. The van der Waals surface area contributed by atoms with Crippen LogP contribution in [0.5, 0.6) is 0 Å². The van der Waals surface area contributed by atoms with Crippen molar-refractivity contribution in [1.29, 1.82) is 0 Å². The molecule has 1 aromatic heterocycles. The smallest absolute Gasteiger partial charge is 0.197 e. The predicted octanol–water partition coefficient (Wildman–Crippen LogP) is 1.24. The molecule has 2 rings (SSSR count). The number of carbonyl (C=O) groups excluding carboxylic acids is 1. The maximum Gasteiger partial charge on any atom is 0.197 e. The molecule has 2 heterocycles. The number of hydrogen-bond donors (Lipinski definition) is 0. The van der Waals surface area contributed by atoms with Gasteiger partial charge in [-0.05, 0) is 6.92 Å². The molecule has 1 aliphatic heterocycles. The van der Waals surface area contributed by atoms with Crippen LogP contribution in [-0.2, 0) is 9.47 Å². The molecule has 5 nitrogen and oxygen atoms in total. The zero-order valence-electron chi connectivity index (χ0n) is 9.89. The first-order chi connectivity index (χ1) is 8.28. The van der Waals surface area contributed by atoms with E-state index in [0.29, 0.717) is 38.2 Å². The first-order valence-electron chi connectivity index (χ1n) is 5.80. The number of rotatable bonds is 4. The van der Waals surface area contributed by atoms with Crippen molar-refractivity contribution in [2.45, 2.75) is 25.4 Å².